The SMILES string of the molecule is CC12CCC(C(=O)N(CC(O)c3ccc(C#N)cc3)C1=O)C2(C)C. The summed E-state index contributed by atoms with van der Waals surface area (Å²) in [6.45, 7) is 5.89. The zero-order valence-corrected chi connectivity index (χ0v) is 14.2. The summed E-state index contributed by atoms with van der Waals surface area (Å²) in [5, 5.41) is 19.3. The molecular formula is C19H22N2O3. The summed E-state index contributed by atoms with van der Waals surface area (Å²) >= 11 is 0. The van der Waals surface area contributed by atoms with Gasteiger partial charge in [-0.1, -0.05) is 32.9 Å². The van der Waals surface area contributed by atoms with Crippen LogP contribution in [0.4, 0.5) is 0 Å². The Morgan fingerprint density at radius 3 is 2.50 bits per heavy atom. The lowest BCUT2D eigenvalue weighted by atomic mass is 9.62. The highest BCUT2D eigenvalue weighted by atomic mass is 16.3. The van der Waals surface area contributed by atoms with Crippen molar-refractivity contribution < 1.29 is 14.7 Å². The van der Waals surface area contributed by atoms with Gasteiger partial charge in [0.1, 0.15) is 0 Å². The molecule has 1 saturated heterocycles. The van der Waals surface area contributed by atoms with Crippen molar-refractivity contribution in [3.63, 3.8) is 0 Å². The number of β-amino-alcohol motifs (C(OH)–C–C–N with tert-alkyl or cyclic N) is 1. The molecule has 1 heterocycles. The first-order valence-corrected chi connectivity index (χ1v) is 8.26. The van der Waals surface area contributed by atoms with Crippen LogP contribution in [0.15, 0.2) is 24.3 Å². The van der Waals surface area contributed by atoms with Crippen LogP contribution in [-0.2, 0) is 9.59 Å². The zero-order valence-electron chi connectivity index (χ0n) is 14.2. The maximum Gasteiger partial charge on any atom is 0.235 e. The number of nitrogens with zero attached hydrogens (tertiary/aromatic N) is 2. The number of aliphatic hydroxyl groups is 1. The first kappa shape index (κ1) is 16.7. The number of hydrogen-bond donors (Lipinski definition) is 1. The number of nitriles is 1. The van der Waals surface area contributed by atoms with E-state index in [1.54, 1.807) is 24.3 Å². The van der Waals surface area contributed by atoms with Crippen LogP contribution in [0.3, 0.4) is 0 Å². The first-order valence-electron chi connectivity index (χ1n) is 8.26. The lowest BCUT2D eigenvalue weighted by molar-refractivity contribution is -0.169. The van der Waals surface area contributed by atoms with Crippen molar-refractivity contribution in [1.29, 1.82) is 5.26 Å². The number of carbonyl (C=O) groups is 2. The summed E-state index contributed by atoms with van der Waals surface area (Å²) in [4.78, 5) is 27.0. The van der Waals surface area contributed by atoms with E-state index in [2.05, 4.69) is 0 Å². The third-order valence-electron chi connectivity index (χ3n) is 6.29. The average molecular weight is 326 g/mol. The van der Waals surface area contributed by atoms with Crippen molar-refractivity contribution in [3.8, 4) is 6.07 Å². The Balaban J connectivity index is 1.84. The van der Waals surface area contributed by atoms with Gasteiger partial charge in [-0.05, 0) is 36.0 Å². The first-order chi connectivity index (χ1) is 11.2. The van der Waals surface area contributed by atoms with Crippen LogP contribution in [-0.4, -0.2) is 28.4 Å². The highest BCUT2D eigenvalue weighted by Gasteiger charge is 2.64. The number of likely N-dealkylation sites (tertiary alicyclic amines) is 1. The molecule has 0 radical (unpaired) electrons. The van der Waals surface area contributed by atoms with Crippen molar-refractivity contribution in [3.05, 3.63) is 35.4 Å². The second kappa shape index (κ2) is 5.42. The van der Waals surface area contributed by atoms with E-state index in [-0.39, 0.29) is 29.7 Å². The fourth-order valence-electron chi connectivity index (χ4n) is 4.13. The summed E-state index contributed by atoms with van der Waals surface area (Å²) in [5.41, 5.74) is 0.188. The van der Waals surface area contributed by atoms with Crippen LogP contribution >= 0.6 is 0 Å². The highest BCUT2D eigenvalue weighted by molar-refractivity contribution is 6.03. The standard InChI is InChI=1S/C19H22N2O3/c1-18(2)14-8-9-19(18,3)17(24)21(16(14)23)11-15(22)13-6-4-12(10-20)5-7-13/h4-7,14-15,22H,8-9,11H2,1-3H3. The van der Waals surface area contributed by atoms with E-state index < -0.39 is 11.5 Å². The largest absolute Gasteiger partial charge is 0.387 e. The van der Waals surface area contributed by atoms with Gasteiger partial charge in [-0.3, -0.25) is 14.5 Å². The predicted octanol–water partition coefficient (Wildman–Crippen LogP) is 2.40. The van der Waals surface area contributed by atoms with E-state index in [1.165, 1.54) is 4.90 Å². The van der Waals surface area contributed by atoms with E-state index in [9.17, 15) is 14.7 Å². The molecule has 3 unspecified atom stereocenters. The molecule has 5 nitrogen and oxygen atoms in total. The summed E-state index contributed by atoms with van der Waals surface area (Å²) in [6.07, 6.45) is 0.478. The number of hydrogen-bond acceptors (Lipinski definition) is 4. The molecule has 2 bridgehead atoms. The Hall–Kier alpha value is -2.19. The van der Waals surface area contributed by atoms with Crippen LogP contribution in [0.25, 0.3) is 0 Å². The van der Waals surface area contributed by atoms with Gasteiger partial charge in [-0.2, -0.15) is 5.26 Å². The minimum absolute atomic E-state index is 0.0360. The summed E-state index contributed by atoms with van der Waals surface area (Å²) in [7, 11) is 0. The Morgan fingerprint density at radius 1 is 1.29 bits per heavy atom. The van der Waals surface area contributed by atoms with Gasteiger partial charge in [-0.15, -0.1) is 0 Å². The van der Waals surface area contributed by atoms with Gasteiger partial charge in [-0.25, -0.2) is 0 Å². The number of fused-ring (bicyclic) bond motifs is 2. The number of carbonyl (C=O) groups excluding carboxylic acids is 2. The smallest absolute Gasteiger partial charge is 0.235 e. The van der Waals surface area contributed by atoms with E-state index in [1.807, 2.05) is 26.8 Å². The monoisotopic (exact) mass is 326 g/mol. The number of benzene rings is 1. The number of rotatable bonds is 3. The van der Waals surface area contributed by atoms with E-state index >= 15 is 0 Å². The number of imide groups is 1. The third kappa shape index (κ3) is 2.17. The van der Waals surface area contributed by atoms with Gasteiger partial charge in [0.05, 0.1) is 29.7 Å². The zero-order chi connectivity index (χ0) is 17.7. The molecule has 2 amide bonds. The molecule has 1 N–H and O–H groups in total. The van der Waals surface area contributed by atoms with Gasteiger partial charge in [0.2, 0.25) is 11.8 Å². The van der Waals surface area contributed by atoms with Crippen molar-refractivity contribution in [2.24, 2.45) is 16.7 Å². The predicted molar refractivity (Wildman–Crippen MR) is 87.4 cm³/mol. The number of aliphatic hydroxyl groups excluding tert-OH is 1. The Labute approximate surface area is 141 Å². The normalized spacial score (nSPS) is 29.5. The lowest BCUT2D eigenvalue weighted by Gasteiger charge is -2.48. The van der Waals surface area contributed by atoms with E-state index in [4.69, 9.17) is 5.26 Å². The van der Waals surface area contributed by atoms with Gasteiger partial charge < -0.3 is 5.11 Å². The third-order valence-corrected chi connectivity index (χ3v) is 6.29. The van der Waals surface area contributed by atoms with Crippen LogP contribution in [0, 0.1) is 28.1 Å². The number of piperidine rings is 1. The van der Waals surface area contributed by atoms with Crippen molar-refractivity contribution in [2.75, 3.05) is 6.54 Å². The lowest BCUT2D eigenvalue weighted by Crippen LogP contribution is -2.59. The molecule has 0 aromatic heterocycles. The summed E-state index contributed by atoms with van der Waals surface area (Å²) < 4.78 is 0. The molecule has 1 saturated carbocycles. The van der Waals surface area contributed by atoms with E-state index in [0.717, 1.165) is 6.42 Å². The molecule has 1 aromatic rings. The summed E-state index contributed by atoms with van der Waals surface area (Å²) in [5.74, 6) is -0.528. The molecule has 1 aliphatic carbocycles. The molecule has 2 fully saturated rings. The number of amides is 2. The van der Waals surface area contributed by atoms with Crippen molar-refractivity contribution >= 4 is 11.8 Å². The van der Waals surface area contributed by atoms with Crippen LogP contribution in [0.1, 0.15) is 50.8 Å². The second-order valence-corrected chi connectivity index (χ2v) is 7.65. The molecular weight excluding hydrogens is 304 g/mol. The minimum atomic E-state index is -0.949. The van der Waals surface area contributed by atoms with Crippen molar-refractivity contribution in [2.45, 2.75) is 39.7 Å². The van der Waals surface area contributed by atoms with Gasteiger partial charge in [0.25, 0.3) is 0 Å². The van der Waals surface area contributed by atoms with Crippen LogP contribution < -0.4 is 0 Å². The molecule has 5 heteroatoms. The maximum atomic E-state index is 12.9. The Bertz CT molecular complexity index is 732. The molecule has 24 heavy (non-hydrogen) atoms. The molecule has 3 rings (SSSR count). The second-order valence-electron chi connectivity index (χ2n) is 7.65. The van der Waals surface area contributed by atoms with Crippen LogP contribution in [0.5, 0.6) is 0 Å². The Kier molecular flexibility index (Phi) is 3.76. The molecule has 2 aliphatic rings. The van der Waals surface area contributed by atoms with Gasteiger partial charge >= 0.3 is 0 Å². The minimum Gasteiger partial charge on any atom is -0.387 e. The fourth-order valence-corrected chi connectivity index (χ4v) is 4.13. The topological polar surface area (TPSA) is 81.4 Å². The quantitative estimate of drug-likeness (QED) is 0.865. The van der Waals surface area contributed by atoms with E-state index in [0.29, 0.717) is 17.5 Å². The van der Waals surface area contributed by atoms with Gasteiger partial charge in [0, 0.05) is 5.92 Å². The van der Waals surface area contributed by atoms with Crippen molar-refractivity contribution in [1.82, 2.24) is 4.90 Å². The highest BCUT2D eigenvalue weighted by Crippen LogP contribution is 2.60. The summed E-state index contributed by atoms with van der Waals surface area (Å²) in [6, 6.07) is 8.57. The van der Waals surface area contributed by atoms with Crippen LogP contribution in [0.2, 0.25) is 0 Å². The molecule has 1 aromatic carbocycles. The molecule has 126 valence electrons. The maximum absolute atomic E-state index is 12.9. The molecule has 0 spiro atoms. The average Bonchev–Trinajstić information content (AvgIpc) is 2.76. The Morgan fingerprint density at radius 2 is 1.92 bits per heavy atom. The van der Waals surface area contributed by atoms with Gasteiger partial charge in [0.15, 0.2) is 0 Å². The molecule has 3 atom stereocenters. The molecule has 1 aliphatic heterocycles. The fraction of sp³-hybridized carbons (Fsp3) is 0.526.